The molecule has 2 amide bonds. The Morgan fingerprint density at radius 2 is 2.11 bits per heavy atom. The summed E-state index contributed by atoms with van der Waals surface area (Å²) >= 11 is 0. The Morgan fingerprint density at radius 3 is 2.89 bits per heavy atom. The molecule has 0 radical (unpaired) electrons. The second-order valence-corrected chi connectivity index (χ2v) is 6.09. The number of fused-ring (bicyclic) bond motifs is 5. The summed E-state index contributed by atoms with van der Waals surface area (Å²) in [6, 6.07) is 5.17. The summed E-state index contributed by atoms with van der Waals surface area (Å²) in [5, 5.41) is 9.76. The molecule has 1 aliphatic rings. The van der Waals surface area contributed by atoms with E-state index in [-0.39, 0.29) is 18.3 Å². The van der Waals surface area contributed by atoms with Gasteiger partial charge in [-0.2, -0.15) is 5.10 Å². The molecule has 28 heavy (non-hydrogen) atoms. The average Bonchev–Trinajstić information content (AvgIpc) is 3.27. The molecule has 4 rings (SSSR count). The van der Waals surface area contributed by atoms with Crippen LogP contribution in [0.4, 0.5) is 10.5 Å². The summed E-state index contributed by atoms with van der Waals surface area (Å²) in [4.78, 5) is 32.8. The number of ether oxygens (including phenoxy) is 1. The molecule has 3 heterocycles. The number of amides is 2. The number of hydrogen-bond donors (Lipinski definition) is 2. The van der Waals surface area contributed by atoms with Crippen molar-refractivity contribution >= 4 is 17.7 Å². The van der Waals surface area contributed by atoms with E-state index in [2.05, 4.69) is 25.7 Å². The molecule has 1 aliphatic heterocycles. The number of carbonyl (C=O) groups is 2. The van der Waals surface area contributed by atoms with E-state index in [1.807, 2.05) is 23.6 Å². The summed E-state index contributed by atoms with van der Waals surface area (Å²) in [7, 11) is 0. The molecule has 0 bridgehead atoms. The molecule has 2 N–H and O–H groups in total. The highest BCUT2D eigenvalue weighted by Gasteiger charge is 2.27. The van der Waals surface area contributed by atoms with Gasteiger partial charge in [0.25, 0.3) is 0 Å². The van der Waals surface area contributed by atoms with Gasteiger partial charge in [0.1, 0.15) is 12.7 Å². The number of carbonyl (C=O) groups excluding carboxylic acids is 2. The Balaban J connectivity index is 1.82. The van der Waals surface area contributed by atoms with Crippen molar-refractivity contribution in [2.45, 2.75) is 20.4 Å². The second-order valence-electron chi connectivity index (χ2n) is 6.09. The van der Waals surface area contributed by atoms with Crippen molar-refractivity contribution in [1.82, 2.24) is 29.6 Å². The van der Waals surface area contributed by atoms with Gasteiger partial charge in [0, 0.05) is 17.8 Å². The number of esters is 1. The van der Waals surface area contributed by atoms with Crippen LogP contribution >= 0.6 is 0 Å². The number of nitrogens with one attached hydrogen (secondary N) is 2. The van der Waals surface area contributed by atoms with E-state index in [1.54, 1.807) is 24.0 Å². The second kappa shape index (κ2) is 7.14. The van der Waals surface area contributed by atoms with Crippen LogP contribution in [-0.4, -0.2) is 49.5 Å². The summed E-state index contributed by atoms with van der Waals surface area (Å²) in [5.41, 5.74) is 3.08. The standard InChI is InChI=1S/C18H19N7O3/c1-3-19-18(27)23-11-5-6-13-12(7-11)16-20-9-22-25(16)8-14-15(17(26)28-4-2)21-10-24(13)14/h5-7,9-10H,3-4,8H2,1-2H3,(H2,19,23,27). The Morgan fingerprint density at radius 1 is 1.25 bits per heavy atom. The van der Waals surface area contributed by atoms with Gasteiger partial charge in [-0.05, 0) is 32.0 Å². The first-order valence-corrected chi connectivity index (χ1v) is 8.93. The zero-order valence-corrected chi connectivity index (χ0v) is 15.5. The van der Waals surface area contributed by atoms with Gasteiger partial charge in [-0.3, -0.25) is 4.57 Å². The number of nitrogens with zero attached hydrogens (tertiary/aromatic N) is 5. The third kappa shape index (κ3) is 2.98. The predicted octanol–water partition coefficient (Wildman–Crippen LogP) is 1.81. The number of anilines is 1. The van der Waals surface area contributed by atoms with Crippen LogP contribution in [0.25, 0.3) is 17.1 Å². The van der Waals surface area contributed by atoms with Gasteiger partial charge in [-0.25, -0.2) is 24.2 Å². The first-order chi connectivity index (χ1) is 13.6. The molecule has 0 unspecified atom stereocenters. The van der Waals surface area contributed by atoms with Gasteiger partial charge >= 0.3 is 12.0 Å². The molecule has 10 heteroatoms. The van der Waals surface area contributed by atoms with E-state index in [4.69, 9.17) is 4.74 Å². The van der Waals surface area contributed by atoms with Gasteiger partial charge in [0.2, 0.25) is 0 Å². The van der Waals surface area contributed by atoms with Crippen molar-refractivity contribution in [3.8, 4) is 17.1 Å². The van der Waals surface area contributed by atoms with Gasteiger partial charge in [0.05, 0.1) is 24.5 Å². The molecule has 0 saturated carbocycles. The highest BCUT2D eigenvalue weighted by Crippen LogP contribution is 2.33. The van der Waals surface area contributed by atoms with Crippen molar-refractivity contribution in [3.63, 3.8) is 0 Å². The predicted molar refractivity (Wildman–Crippen MR) is 100 cm³/mol. The molecule has 0 aliphatic carbocycles. The molecular formula is C18H19N7O3. The minimum absolute atomic E-state index is 0.251. The van der Waals surface area contributed by atoms with Crippen LogP contribution in [0.1, 0.15) is 30.0 Å². The van der Waals surface area contributed by atoms with Crippen molar-refractivity contribution in [1.29, 1.82) is 0 Å². The Bertz CT molecular complexity index is 1050. The number of aromatic nitrogens is 5. The molecule has 1 aromatic carbocycles. The molecule has 3 aromatic rings. The smallest absolute Gasteiger partial charge is 0.358 e. The molecule has 0 atom stereocenters. The normalized spacial score (nSPS) is 11.6. The van der Waals surface area contributed by atoms with E-state index in [1.165, 1.54) is 6.33 Å². The van der Waals surface area contributed by atoms with Crippen molar-refractivity contribution in [3.05, 3.63) is 42.2 Å². The largest absolute Gasteiger partial charge is 0.461 e. The highest BCUT2D eigenvalue weighted by atomic mass is 16.5. The SMILES string of the molecule is CCNC(=O)Nc1ccc2c(c1)-c1ncnn1Cc1c(C(=O)OCC)ncn1-2. The molecule has 2 aromatic heterocycles. The topological polar surface area (TPSA) is 116 Å². The van der Waals surface area contributed by atoms with Crippen LogP contribution in [0.15, 0.2) is 30.9 Å². The number of rotatable bonds is 4. The third-order valence-corrected chi connectivity index (χ3v) is 4.34. The van der Waals surface area contributed by atoms with Crippen LogP contribution in [-0.2, 0) is 11.3 Å². The summed E-state index contributed by atoms with van der Waals surface area (Å²) in [6.07, 6.45) is 3.04. The lowest BCUT2D eigenvalue weighted by Crippen LogP contribution is -2.28. The monoisotopic (exact) mass is 381 g/mol. The Labute approximate surface area is 160 Å². The fraction of sp³-hybridized carbons (Fsp3) is 0.278. The molecule has 144 valence electrons. The van der Waals surface area contributed by atoms with Crippen LogP contribution in [0.3, 0.4) is 0 Å². The number of urea groups is 1. The maximum atomic E-state index is 12.3. The zero-order chi connectivity index (χ0) is 19.7. The van der Waals surface area contributed by atoms with E-state index in [0.29, 0.717) is 30.3 Å². The van der Waals surface area contributed by atoms with Crippen LogP contribution < -0.4 is 10.6 Å². The van der Waals surface area contributed by atoms with Crippen molar-refractivity contribution in [2.24, 2.45) is 0 Å². The molecule has 0 fully saturated rings. The molecular weight excluding hydrogens is 362 g/mol. The van der Waals surface area contributed by atoms with E-state index in [9.17, 15) is 9.59 Å². The maximum absolute atomic E-state index is 12.3. The summed E-state index contributed by atoms with van der Waals surface area (Å²) in [5.74, 6) is 0.156. The van der Waals surface area contributed by atoms with Crippen LogP contribution in [0, 0.1) is 0 Å². The van der Waals surface area contributed by atoms with Gasteiger partial charge < -0.3 is 15.4 Å². The Hall–Kier alpha value is -3.69. The van der Waals surface area contributed by atoms with Gasteiger partial charge in [0.15, 0.2) is 11.5 Å². The quantitative estimate of drug-likeness (QED) is 0.521. The molecule has 10 nitrogen and oxygen atoms in total. The molecule has 0 spiro atoms. The highest BCUT2D eigenvalue weighted by molar-refractivity contribution is 5.91. The number of imidazole rings is 1. The van der Waals surface area contributed by atoms with Gasteiger partial charge in [-0.15, -0.1) is 0 Å². The lowest BCUT2D eigenvalue weighted by molar-refractivity contribution is 0.0518. The van der Waals surface area contributed by atoms with Crippen LogP contribution in [0.5, 0.6) is 0 Å². The Kier molecular flexibility index (Phi) is 4.52. The average molecular weight is 381 g/mol. The van der Waals surface area contributed by atoms with Crippen molar-refractivity contribution in [2.75, 3.05) is 18.5 Å². The lowest BCUT2D eigenvalue weighted by atomic mass is 10.1. The fourth-order valence-corrected chi connectivity index (χ4v) is 3.17. The van der Waals surface area contributed by atoms with E-state index >= 15 is 0 Å². The van der Waals surface area contributed by atoms with Gasteiger partial charge in [-0.1, -0.05) is 0 Å². The fourth-order valence-electron chi connectivity index (χ4n) is 3.17. The summed E-state index contributed by atoms with van der Waals surface area (Å²) in [6.45, 7) is 4.71. The number of hydrogen-bond acceptors (Lipinski definition) is 6. The summed E-state index contributed by atoms with van der Waals surface area (Å²) < 4.78 is 8.64. The first-order valence-electron chi connectivity index (χ1n) is 8.93. The minimum Gasteiger partial charge on any atom is -0.461 e. The maximum Gasteiger partial charge on any atom is 0.358 e. The minimum atomic E-state index is -0.476. The number of benzene rings is 1. The zero-order valence-electron chi connectivity index (χ0n) is 15.5. The lowest BCUT2D eigenvalue weighted by Gasteiger charge is -2.12. The van der Waals surface area contributed by atoms with E-state index in [0.717, 1.165) is 11.3 Å². The first kappa shape index (κ1) is 17.7. The van der Waals surface area contributed by atoms with E-state index < -0.39 is 5.97 Å². The van der Waals surface area contributed by atoms with Crippen molar-refractivity contribution < 1.29 is 14.3 Å². The third-order valence-electron chi connectivity index (χ3n) is 4.34. The van der Waals surface area contributed by atoms with Crippen LogP contribution in [0.2, 0.25) is 0 Å². The molecule has 0 saturated heterocycles.